The van der Waals surface area contributed by atoms with Crippen molar-refractivity contribution in [1.82, 2.24) is 0 Å². The number of rotatable bonds is 2. The molecular formula is C17H18Cl3NO. The molecule has 1 unspecified atom stereocenters. The average molecular weight is 359 g/mol. The Morgan fingerprint density at radius 3 is 2.23 bits per heavy atom. The van der Waals surface area contributed by atoms with Crippen LogP contribution >= 0.6 is 34.8 Å². The zero-order valence-corrected chi connectivity index (χ0v) is 14.3. The monoisotopic (exact) mass is 357 g/mol. The normalized spacial score (nSPS) is 38.0. The number of carbonyl (C=O) groups is 1. The van der Waals surface area contributed by atoms with Gasteiger partial charge in [-0.25, -0.2) is 0 Å². The maximum Gasteiger partial charge on any atom is 0.228 e. The fraction of sp³-hybridized carbons (Fsp3) is 0.588. The molecule has 0 aromatic heterocycles. The highest BCUT2D eigenvalue weighted by Crippen LogP contribution is 2.67. The van der Waals surface area contributed by atoms with E-state index in [1.165, 1.54) is 0 Å². The average Bonchev–Trinajstić information content (AvgIpc) is 3.26. The van der Waals surface area contributed by atoms with Crippen LogP contribution < -0.4 is 5.32 Å². The van der Waals surface area contributed by atoms with E-state index >= 15 is 0 Å². The van der Waals surface area contributed by atoms with E-state index in [2.05, 4.69) is 5.32 Å². The molecule has 5 atom stereocenters. The first-order valence-electron chi connectivity index (χ1n) is 7.93. The van der Waals surface area contributed by atoms with Crippen LogP contribution in [0.4, 0.5) is 5.69 Å². The summed E-state index contributed by atoms with van der Waals surface area (Å²) < 4.78 is -0.494. The van der Waals surface area contributed by atoms with Gasteiger partial charge < -0.3 is 5.32 Å². The van der Waals surface area contributed by atoms with Crippen molar-refractivity contribution >= 4 is 46.4 Å². The van der Waals surface area contributed by atoms with Gasteiger partial charge in [0.2, 0.25) is 5.91 Å². The first-order valence-corrected chi connectivity index (χ1v) is 9.06. The summed E-state index contributed by atoms with van der Waals surface area (Å²) >= 11 is 18.7. The fourth-order valence-electron chi connectivity index (χ4n) is 4.39. The molecule has 118 valence electrons. The van der Waals surface area contributed by atoms with E-state index in [1.54, 1.807) is 6.07 Å². The van der Waals surface area contributed by atoms with Crippen molar-refractivity contribution in [3.8, 4) is 0 Å². The number of anilines is 1. The minimum Gasteiger partial charge on any atom is -0.325 e. The van der Waals surface area contributed by atoms with Gasteiger partial charge in [-0.1, -0.05) is 23.7 Å². The van der Waals surface area contributed by atoms with Gasteiger partial charge in [-0.2, -0.15) is 0 Å². The summed E-state index contributed by atoms with van der Waals surface area (Å²) in [5.74, 6) is 2.10. The molecule has 3 aliphatic rings. The topological polar surface area (TPSA) is 29.1 Å². The number of para-hydroxylation sites is 1. The summed E-state index contributed by atoms with van der Waals surface area (Å²) in [7, 11) is 0. The molecule has 1 aromatic carbocycles. The first-order chi connectivity index (χ1) is 10.5. The van der Waals surface area contributed by atoms with Crippen molar-refractivity contribution in [3.05, 3.63) is 29.3 Å². The molecule has 1 amide bonds. The zero-order valence-electron chi connectivity index (χ0n) is 12.1. The minimum absolute atomic E-state index is 0.113. The van der Waals surface area contributed by atoms with E-state index in [9.17, 15) is 4.79 Å². The van der Waals surface area contributed by atoms with Gasteiger partial charge in [-0.3, -0.25) is 4.79 Å². The second-order valence-corrected chi connectivity index (χ2v) is 8.72. The van der Waals surface area contributed by atoms with Crippen molar-refractivity contribution in [2.75, 3.05) is 5.32 Å². The summed E-state index contributed by atoms with van der Waals surface area (Å²) in [6, 6.07) is 7.38. The van der Waals surface area contributed by atoms with Crippen LogP contribution in [-0.4, -0.2) is 10.2 Å². The molecule has 1 aromatic rings. The predicted molar refractivity (Wildman–Crippen MR) is 90.4 cm³/mol. The molecule has 5 heteroatoms. The molecule has 3 aliphatic carbocycles. The lowest BCUT2D eigenvalue weighted by Gasteiger charge is -2.07. The van der Waals surface area contributed by atoms with Gasteiger partial charge in [0, 0.05) is 5.92 Å². The van der Waals surface area contributed by atoms with Crippen LogP contribution in [-0.2, 0) is 4.79 Å². The number of fused-ring (bicyclic) bond motifs is 2. The highest BCUT2D eigenvalue weighted by molar-refractivity contribution is 6.51. The summed E-state index contributed by atoms with van der Waals surface area (Å²) in [6.07, 6.45) is 4.23. The molecule has 1 N–H and O–H groups in total. The maximum atomic E-state index is 12.5. The van der Waals surface area contributed by atoms with E-state index in [0.717, 1.165) is 25.7 Å². The van der Waals surface area contributed by atoms with Crippen LogP contribution in [0.5, 0.6) is 0 Å². The number of nitrogens with one attached hydrogen (secondary N) is 1. The van der Waals surface area contributed by atoms with Crippen LogP contribution in [0.25, 0.3) is 0 Å². The zero-order chi connectivity index (χ0) is 15.5. The van der Waals surface area contributed by atoms with E-state index < -0.39 is 4.33 Å². The van der Waals surface area contributed by atoms with Crippen LogP contribution in [0.15, 0.2) is 24.3 Å². The number of carbonyl (C=O) groups excluding carboxylic acids is 1. The predicted octanol–water partition coefficient (Wildman–Crippen LogP) is 5.13. The SMILES string of the molecule is O=C(Nc1ccccc1Cl)C1[C@H]2CC[C@@H]3[C@H](CC[C@H]12)C3(Cl)Cl. The van der Waals surface area contributed by atoms with Gasteiger partial charge >= 0.3 is 0 Å². The van der Waals surface area contributed by atoms with Crippen LogP contribution in [0, 0.1) is 29.6 Å². The standard InChI is InChI=1S/C17H18Cl3NO/c18-13-3-1-2-4-14(13)21-16(22)15-9-5-7-11-12(17(11,19)20)8-6-10(9)15/h1-4,9-12,15H,5-8H2,(H,21,22)/t9-,10-,11-,12+,15?/m0/s1. The van der Waals surface area contributed by atoms with E-state index in [0.29, 0.717) is 34.4 Å². The number of halogens is 3. The summed E-state index contributed by atoms with van der Waals surface area (Å²) in [5, 5.41) is 3.57. The molecule has 0 heterocycles. The van der Waals surface area contributed by atoms with E-state index in [4.69, 9.17) is 34.8 Å². The van der Waals surface area contributed by atoms with Crippen LogP contribution in [0.3, 0.4) is 0 Å². The lowest BCUT2D eigenvalue weighted by molar-refractivity contribution is -0.117. The Kier molecular flexibility index (Phi) is 3.63. The molecule has 3 saturated carbocycles. The lowest BCUT2D eigenvalue weighted by atomic mass is 10.0. The minimum atomic E-state index is -0.494. The van der Waals surface area contributed by atoms with Crippen LogP contribution in [0.2, 0.25) is 5.02 Å². The van der Waals surface area contributed by atoms with Gasteiger partial charge in [-0.05, 0) is 61.5 Å². The summed E-state index contributed by atoms with van der Waals surface area (Å²) in [4.78, 5) is 12.5. The molecule has 3 fully saturated rings. The number of amides is 1. The second kappa shape index (κ2) is 5.29. The largest absolute Gasteiger partial charge is 0.325 e. The summed E-state index contributed by atoms with van der Waals surface area (Å²) in [5.41, 5.74) is 0.705. The maximum absolute atomic E-state index is 12.5. The Hall–Kier alpha value is -0.440. The molecule has 22 heavy (non-hydrogen) atoms. The van der Waals surface area contributed by atoms with E-state index in [1.807, 2.05) is 18.2 Å². The van der Waals surface area contributed by atoms with Gasteiger partial charge in [0.05, 0.1) is 10.7 Å². The van der Waals surface area contributed by atoms with Crippen LogP contribution in [0.1, 0.15) is 25.7 Å². The molecule has 0 spiro atoms. The van der Waals surface area contributed by atoms with Gasteiger partial charge in [0.15, 0.2) is 0 Å². The Bertz CT molecular complexity index is 596. The fourth-order valence-corrected chi connectivity index (χ4v) is 5.49. The van der Waals surface area contributed by atoms with Gasteiger partial charge in [0.1, 0.15) is 4.33 Å². The highest BCUT2D eigenvalue weighted by Gasteiger charge is 2.65. The Morgan fingerprint density at radius 1 is 1.05 bits per heavy atom. The van der Waals surface area contributed by atoms with Gasteiger partial charge in [-0.15, -0.1) is 23.2 Å². The molecule has 0 radical (unpaired) electrons. The van der Waals surface area contributed by atoms with Crippen molar-refractivity contribution in [2.24, 2.45) is 29.6 Å². The van der Waals surface area contributed by atoms with Crippen molar-refractivity contribution < 1.29 is 4.79 Å². The van der Waals surface area contributed by atoms with Crippen molar-refractivity contribution in [1.29, 1.82) is 0 Å². The molecule has 0 saturated heterocycles. The van der Waals surface area contributed by atoms with E-state index in [-0.39, 0.29) is 11.8 Å². The van der Waals surface area contributed by atoms with Gasteiger partial charge in [0.25, 0.3) is 0 Å². The Morgan fingerprint density at radius 2 is 1.64 bits per heavy atom. The lowest BCUT2D eigenvalue weighted by Crippen LogP contribution is -2.16. The highest BCUT2D eigenvalue weighted by atomic mass is 35.5. The third kappa shape index (κ3) is 2.44. The number of benzene rings is 1. The third-order valence-electron chi connectivity index (χ3n) is 5.75. The van der Waals surface area contributed by atoms with Crippen molar-refractivity contribution in [3.63, 3.8) is 0 Å². The molecule has 0 bridgehead atoms. The second-order valence-electron chi connectivity index (χ2n) is 6.86. The molecular weight excluding hydrogens is 341 g/mol. The number of hydrogen-bond acceptors (Lipinski definition) is 1. The quantitative estimate of drug-likeness (QED) is 0.729. The number of alkyl halides is 2. The molecule has 2 nitrogen and oxygen atoms in total. The smallest absolute Gasteiger partial charge is 0.228 e. The molecule has 0 aliphatic heterocycles. The number of hydrogen-bond donors (Lipinski definition) is 1. The first kappa shape index (κ1) is 15.1. The van der Waals surface area contributed by atoms with Crippen molar-refractivity contribution in [2.45, 2.75) is 30.0 Å². The Balaban J connectivity index is 1.40. The third-order valence-corrected chi connectivity index (χ3v) is 7.20. The Labute approximate surface area is 145 Å². The molecule has 4 rings (SSSR count). The summed E-state index contributed by atoms with van der Waals surface area (Å²) in [6.45, 7) is 0.